The molecule has 0 saturated carbocycles. The van der Waals surface area contributed by atoms with Gasteiger partial charge in [-0.1, -0.05) is 18.2 Å². The normalized spacial score (nSPS) is 14.3. The van der Waals surface area contributed by atoms with Gasteiger partial charge in [0.25, 0.3) is 5.91 Å². The Labute approximate surface area is 241 Å². The molecule has 1 aliphatic rings. The molecule has 3 aromatic rings. The van der Waals surface area contributed by atoms with Crippen LogP contribution in [0.15, 0.2) is 48.7 Å². The van der Waals surface area contributed by atoms with E-state index in [1.54, 1.807) is 44.4 Å². The molecule has 10 nitrogen and oxygen atoms in total. The smallest absolute Gasteiger partial charge is 0.423 e. The number of amides is 2. The van der Waals surface area contributed by atoms with Crippen LogP contribution in [-0.2, 0) is 17.4 Å². The van der Waals surface area contributed by atoms with E-state index in [-0.39, 0.29) is 41.7 Å². The van der Waals surface area contributed by atoms with Gasteiger partial charge in [0.05, 0.1) is 19.2 Å². The third-order valence-corrected chi connectivity index (χ3v) is 6.84. The lowest BCUT2D eigenvalue weighted by Crippen LogP contribution is -2.43. The van der Waals surface area contributed by atoms with Crippen LogP contribution in [0.4, 0.5) is 24.8 Å². The van der Waals surface area contributed by atoms with Crippen molar-refractivity contribution in [3.63, 3.8) is 0 Å². The zero-order chi connectivity index (χ0) is 30.4. The highest BCUT2D eigenvalue weighted by Gasteiger charge is 2.37. The zero-order valence-corrected chi connectivity index (χ0v) is 23.8. The molecule has 42 heavy (non-hydrogen) atoms. The quantitative estimate of drug-likeness (QED) is 0.378. The number of ether oxygens (including phenoxy) is 2. The van der Waals surface area contributed by atoms with Crippen LogP contribution in [-0.4, -0.2) is 79.0 Å². The molecule has 2 amide bonds. The SMILES string of the molecule is COc1cc(C(=O)NC2CCN(C)CC2)ccc1Nc1ncc(C(F)(F)F)c(Oc2ccccc2CC(=O)N(C)C)n1. The molecule has 2 N–H and O–H groups in total. The number of halogens is 3. The van der Waals surface area contributed by atoms with E-state index in [0.29, 0.717) is 23.0 Å². The summed E-state index contributed by atoms with van der Waals surface area (Å²) in [6.07, 6.45) is -2.55. The number of likely N-dealkylation sites (N-methyl/N-ethyl adjacent to an activating group) is 1. The second-order valence-corrected chi connectivity index (χ2v) is 10.2. The second-order valence-electron chi connectivity index (χ2n) is 10.2. The number of carbonyl (C=O) groups is 2. The Morgan fingerprint density at radius 3 is 2.48 bits per heavy atom. The Hall–Kier alpha value is -4.39. The Kier molecular flexibility index (Phi) is 9.51. The average molecular weight is 587 g/mol. The number of rotatable bonds is 9. The van der Waals surface area contributed by atoms with Crippen LogP contribution in [0.2, 0.25) is 0 Å². The minimum Gasteiger partial charge on any atom is -0.495 e. The predicted octanol–water partition coefficient (Wildman–Crippen LogP) is 4.49. The Bertz CT molecular complexity index is 1420. The molecule has 1 aliphatic heterocycles. The summed E-state index contributed by atoms with van der Waals surface area (Å²) in [5.41, 5.74) is -0.0866. The molecule has 0 radical (unpaired) electrons. The predicted molar refractivity (Wildman–Crippen MR) is 150 cm³/mol. The number of para-hydroxylation sites is 1. The molecule has 224 valence electrons. The number of likely N-dealkylation sites (tertiary alicyclic amines) is 1. The molecule has 1 fully saturated rings. The van der Waals surface area contributed by atoms with Crippen LogP contribution in [0.25, 0.3) is 0 Å². The fraction of sp³-hybridized carbons (Fsp3) is 0.379. The number of nitrogens with one attached hydrogen (secondary N) is 2. The molecule has 1 aromatic heterocycles. The van der Waals surface area contributed by atoms with Crippen molar-refractivity contribution >= 4 is 23.5 Å². The maximum absolute atomic E-state index is 13.9. The maximum atomic E-state index is 13.9. The van der Waals surface area contributed by atoms with Gasteiger partial charge in [-0.25, -0.2) is 4.98 Å². The van der Waals surface area contributed by atoms with Gasteiger partial charge in [-0.05, 0) is 57.2 Å². The van der Waals surface area contributed by atoms with Crippen LogP contribution < -0.4 is 20.1 Å². The molecule has 2 aromatic carbocycles. The first kappa shape index (κ1) is 30.6. The number of alkyl halides is 3. The number of piperidine rings is 1. The van der Waals surface area contributed by atoms with E-state index in [9.17, 15) is 22.8 Å². The van der Waals surface area contributed by atoms with E-state index in [4.69, 9.17) is 9.47 Å². The lowest BCUT2D eigenvalue weighted by Gasteiger charge is -2.29. The van der Waals surface area contributed by atoms with Crippen LogP contribution in [0.1, 0.15) is 34.3 Å². The number of benzene rings is 2. The van der Waals surface area contributed by atoms with Crippen LogP contribution in [0, 0.1) is 0 Å². The van der Waals surface area contributed by atoms with Crippen molar-refractivity contribution in [2.75, 3.05) is 46.7 Å². The van der Waals surface area contributed by atoms with E-state index < -0.39 is 17.6 Å². The molecule has 0 spiro atoms. The van der Waals surface area contributed by atoms with Crippen LogP contribution in [0.5, 0.6) is 17.4 Å². The van der Waals surface area contributed by atoms with Gasteiger partial charge in [0.1, 0.15) is 17.1 Å². The largest absolute Gasteiger partial charge is 0.495 e. The summed E-state index contributed by atoms with van der Waals surface area (Å²) in [6, 6.07) is 11.1. The second kappa shape index (κ2) is 13.1. The van der Waals surface area contributed by atoms with Gasteiger partial charge in [-0.2, -0.15) is 18.2 Å². The molecule has 2 heterocycles. The zero-order valence-electron chi connectivity index (χ0n) is 23.8. The average Bonchev–Trinajstić information content (AvgIpc) is 2.95. The summed E-state index contributed by atoms with van der Waals surface area (Å²) in [5, 5.41) is 5.89. The van der Waals surface area contributed by atoms with Gasteiger partial charge in [-0.15, -0.1) is 0 Å². The highest BCUT2D eigenvalue weighted by molar-refractivity contribution is 5.95. The third kappa shape index (κ3) is 7.66. The van der Waals surface area contributed by atoms with Crippen LogP contribution in [0.3, 0.4) is 0 Å². The number of anilines is 2. The topological polar surface area (TPSA) is 109 Å². The Morgan fingerprint density at radius 2 is 1.81 bits per heavy atom. The molecule has 1 saturated heterocycles. The minimum absolute atomic E-state index is 0.0559. The number of carbonyl (C=O) groups excluding carboxylic acids is 2. The fourth-order valence-corrected chi connectivity index (χ4v) is 4.35. The van der Waals surface area contributed by atoms with Crippen LogP contribution >= 0.6 is 0 Å². The molecule has 0 aliphatic carbocycles. The van der Waals surface area contributed by atoms with Gasteiger partial charge >= 0.3 is 6.18 Å². The van der Waals surface area contributed by atoms with Gasteiger partial charge in [0.15, 0.2) is 0 Å². The van der Waals surface area contributed by atoms with Gasteiger partial charge in [-0.3, -0.25) is 9.59 Å². The summed E-state index contributed by atoms with van der Waals surface area (Å²) in [6.45, 7) is 1.80. The summed E-state index contributed by atoms with van der Waals surface area (Å²) in [4.78, 5) is 36.5. The van der Waals surface area contributed by atoms with E-state index in [1.807, 2.05) is 7.05 Å². The summed E-state index contributed by atoms with van der Waals surface area (Å²) >= 11 is 0. The third-order valence-electron chi connectivity index (χ3n) is 6.84. The van der Waals surface area contributed by atoms with E-state index in [2.05, 4.69) is 25.5 Å². The molecule has 0 atom stereocenters. The van der Waals surface area contributed by atoms with E-state index in [1.165, 1.54) is 24.1 Å². The van der Waals surface area contributed by atoms with Crippen molar-refractivity contribution in [3.8, 4) is 17.4 Å². The van der Waals surface area contributed by atoms with E-state index >= 15 is 0 Å². The highest BCUT2D eigenvalue weighted by atomic mass is 19.4. The van der Waals surface area contributed by atoms with E-state index in [0.717, 1.165) is 25.9 Å². The molecule has 0 bridgehead atoms. The van der Waals surface area contributed by atoms with Crippen molar-refractivity contribution in [1.82, 2.24) is 25.1 Å². The van der Waals surface area contributed by atoms with Crippen molar-refractivity contribution in [2.45, 2.75) is 31.5 Å². The molecule has 4 rings (SSSR count). The Morgan fingerprint density at radius 1 is 1.10 bits per heavy atom. The maximum Gasteiger partial charge on any atom is 0.423 e. The first-order valence-corrected chi connectivity index (χ1v) is 13.3. The summed E-state index contributed by atoms with van der Waals surface area (Å²) in [7, 11) is 6.61. The van der Waals surface area contributed by atoms with Gasteiger partial charge in [0.2, 0.25) is 17.7 Å². The lowest BCUT2D eigenvalue weighted by molar-refractivity contribution is -0.139. The van der Waals surface area contributed by atoms with Gasteiger partial charge < -0.3 is 29.9 Å². The number of methoxy groups -OCH3 is 1. The minimum atomic E-state index is -4.80. The van der Waals surface area contributed by atoms with Crippen molar-refractivity contribution < 1.29 is 32.2 Å². The van der Waals surface area contributed by atoms with Gasteiger partial charge in [0, 0.05) is 37.5 Å². The first-order valence-electron chi connectivity index (χ1n) is 13.3. The lowest BCUT2D eigenvalue weighted by atomic mass is 10.0. The van der Waals surface area contributed by atoms with Crippen molar-refractivity contribution in [2.24, 2.45) is 0 Å². The van der Waals surface area contributed by atoms with Crippen molar-refractivity contribution in [1.29, 1.82) is 0 Å². The number of aromatic nitrogens is 2. The molecular formula is C29H33F3N6O4. The monoisotopic (exact) mass is 586 g/mol. The number of nitrogens with zero attached hydrogens (tertiary/aromatic N) is 4. The van der Waals surface area contributed by atoms with Crippen molar-refractivity contribution in [3.05, 3.63) is 65.4 Å². The summed E-state index contributed by atoms with van der Waals surface area (Å²) in [5.74, 6) is -1.10. The fourth-order valence-electron chi connectivity index (χ4n) is 4.35. The molecular weight excluding hydrogens is 553 g/mol. The number of hydrogen-bond donors (Lipinski definition) is 2. The summed E-state index contributed by atoms with van der Waals surface area (Å²) < 4.78 is 52.6. The number of hydrogen-bond acceptors (Lipinski definition) is 8. The standard InChI is InChI=1S/C29H33F3N6O4/c1-37(2)25(39)16-18-7-5-6-8-23(18)42-27-21(29(30,31)32)17-33-28(36-27)35-22-10-9-19(15-24(22)41-4)26(40)34-20-11-13-38(3)14-12-20/h5-10,15,17,20H,11-14,16H2,1-4H3,(H,34,40)(H,33,35,36). The Balaban J connectivity index is 1.57. The highest BCUT2D eigenvalue weighted by Crippen LogP contribution is 2.38. The first-order chi connectivity index (χ1) is 19.9. The molecule has 0 unspecified atom stereocenters. The molecule has 13 heteroatoms.